The summed E-state index contributed by atoms with van der Waals surface area (Å²) in [7, 11) is 0. The van der Waals surface area contributed by atoms with Gasteiger partial charge in [-0.2, -0.15) is 0 Å². The lowest BCUT2D eigenvalue weighted by Crippen LogP contribution is -2.57. The molecule has 0 spiro atoms. The van der Waals surface area contributed by atoms with Crippen molar-refractivity contribution in [2.45, 2.75) is 38.6 Å². The molecule has 2 rings (SSSR count). The molecule has 0 bridgehead atoms. The van der Waals surface area contributed by atoms with Crippen LogP contribution >= 0.6 is 0 Å². The number of hydrogen-bond donors (Lipinski definition) is 0. The summed E-state index contributed by atoms with van der Waals surface area (Å²) < 4.78 is 18.5. The summed E-state index contributed by atoms with van der Waals surface area (Å²) in [5.74, 6) is 0.0244. The number of amides is 1. The van der Waals surface area contributed by atoms with Gasteiger partial charge in [0.1, 0.15) is 6.67 Å². The second kappa shape index (κ2) is 4.70. The first-order valence-electron chi connectivity index (χ1n) is 6.18. The number of hydrogen-bond acceptors (Lipinski definition) is 2. The van der Waals surface area contributed by atoms with Crippen LogP contribution in [0.25, 0.3) is 0 Å². The lowest BCUT2D eigenvalue weighted by atomic mass is 9.78. The Morgan fingerprint density at radius 2 is 2.19 bits per heavy atom. The van der Waals surface area contributed by atoms with Gasteiger partial charge in [-0.3, -0.25) is 4.79 Å². The minimum Gasteiger partial charge on any atom is -0.381 e. The first kappa shape index (κ1) is 11.8. The van der Waals surface area contributed by atoms with E-state index >= 15 is 0 Å². The van der Waals surface area contributed by atoms with E-state index in [1.165, 1.54) is 0 Å². The molecule has 92 valence electrons. The maximum atomic E-state index is 13.2. The van der Waals surface area contributed by atoms with Crippen molar-refractivity contribution in [3.63, 3.8) is 0 Å². The van der Waals surface area contributed by atoms with Crippen LogP contribution in [0.1, 0.15) is 32.6 Å². The van der Waals surface area contributed by atoms with Crippen molar-refractivity contribution in [3.8, 4) is 0 Å². The molecule has 0 radical (unpaired) electrons. The molecule has 2 aliphatic heterocycles. The standard InChI is InChI=1S/C12H20FNO2/c1-2-10-3-6-14(10)11(15)12(9-13)4-7-16-8-5-12/h10H,2-9H2,1H3/t10-/m0/s1. The van der Waals surface area contributed by atoms with Gasteiger partial charge in [0.05, 0.1) is 5.41 Å². The van der Waals surface area contributed by atoms with Crippen molar-refractivity contribution in [2.24, 2.45) is 5.41 Å². The molecule has 1 amide bonds. The number of rotatable bonds is 3. The van der Waals surface area contributed by atoms with Gasteiger partial charge in [-0.15, -0.1) is 0 Å². The summed E-state index contributed by atoms with van der Waals surface area (Å²) in [6.07, 6.45) is 3.12. The Bertz CT molecular complexity index is 262. The van der Waals surface area contributed by atoms with E-state index in [1.54, 1.807) is 0 Å². The Kier molecular flexibility index (Phi) is 3.47. The first-order chi connectivity index (χ1) is 7.73. The Morgan fingerprint density at radius 1 is 1.50 bits per heavy atom. The van der Waals surface area contributed by atoms with Crippen LogP contribution in [0.2, 0.25) is 0 Å². The number of carbonyl (C=O) groups excluding carboxylic acids is 1. The first-order valence-corrected chi connectivity index (χ1v) is 6.18. The molecule has 2 saturated heterocycles. The second-order valence-electron chi connectivity index (χ2n) is 4.88. The summed E-state index contributed by atoms with van der Waals surface area (Å²) in [6.45, 7) is 3.37. The Morgan fingerprint density at radius 3 is 2.62 bits per heavy atom. The fraction of sp³-hybridized carbons (Fsp3) is 0.917. The van der Waals surface area contributed by atoms with Crippen LogP contribution in [0.15, 0.2) is 0 Å². The quantitative estimate of drug-likeness (QED) is 0.738. The normalized spacial score (nSPS) is 28.6. The van der Waals surface area contributed by atoms with Gasteiger partial charge in [0.2, 0.25) is 5.91 Å². The molecule has 0 saturated carbocycles. The van der Waals surface area contributed by atoms with Crippen molar-refractivity contribution in [1.82, 2.24) is 4.90 Å². The molecule has 0 aromatic heterocycles. The molecule has 0 aromatic rings. The second-order valence-corrected chi connectivity index (χ2v) is 4.88. The lowest BCUT2D eigenvalue weighted by molar-refractivity contribution is -0.157. The van der Waals surface area contributed by atoms with Gasteiger partial charge >= 0.3 is 0 Å². The van der Waals surface area contributed by atoms with Crippen molar-refractivity contribution in [1.29, 1.82) is 0 Å². The summed E-state index contributed by atoms with van der Waals surface area (Å²) in [5.41, 5.74) is -0.772. The maximum Gasteiger partial charge on any atom is 0.231 e. The molecule has 2 fully saturated rings. The van der Waals surface area contributed by atoms with Gasteiger partial charge in [-0.25, -0.2) is 4.39 Å². The number of halogens is 1. The van der Waals surface area contributed by atoms with E-state index in [2.05, 4.69) is 6.92 Å². The van der Waals surface area contributed by atoms with Gasteiger partial charge in [0, 0.05) is 25.8 Å². The van der Waals surface area contributed by atoms with E-state index in [1.807, 2.05) is 4.90 Å². The van der Waals surface area contributed by atoms with Gasteiger partial charge < -0.3 is 9.64 Å². The van der Waals surface area contributed by atoms with E-state index in [0.717, 1.165) is 19.4 Å². The number of nitrogens with zero attached hydrogens (tertiary/aromatic N) is 1. The summed E-state index contributed by atoms with van der Waals surface area (Å²) >= 11 is 0. The highest BCUT2D eigenvalue weighted by Gasteiger charge is 2.46. The van der Waals surface area contributed by atoms with Crippen molar-refractivity contribution in [2.75, 3.05) is 26.4 Å². The SMILES string of the molecule is CC[C@H]1CCN1C(=O)C1(CF)CCOCC1. The van der Waals surface area contributed by atoms with Crippen LogP contribution in [0.3, 0.4) is 0 Å². The van der Waals surface area contributed by atoms with Crippen LogP contribution in [-0.2, 0) is 9.53 Å². The Balaban J connectivity index is 2.05. The predicted octanol–water partition coefficient (Wildman–Crippen LogP) is 1.76. The molecule has 2 heterocycles. The van der Waals surface area contributed by atoms with Gasteiger partial charge in [-0.05, 0) is 25.7 Å². The van der Waals surface area contributed by atoms with E-state index in [0.29, 0.717) is 32.1 Å². The zero-order valence-corrected chi connectivity index (χ0v) is 9.88. The Hall–Kier alpha value is -0.640. The number of ether oxygens (including phenoxy) is 1. The minimum absolute atomic E-state index is 0.0244. The highest BCUT2D eigenvalue weighted by molar-refractivity contribution is 5.84. The minimum atomic E-state index is -0.772. The third kappa shape index (κ3) is 1.83. The van der Waals surface area contributed by atoms with Gasteiger partial charge in [0.15, 0.2) is 0 Å². The molecule has 2 aliphatic rings. The molecule has 0 aliphatic carbocycles. The van der Waals surface area contributed by atoms with Crippen molar-refractivity contribution in [3.05, 3.63) is 0 Å². The van der Waals surface area contributed by atoms with Crippen LogP contribution in [0.5, 0.6) is 0 Å². The number of likely N-dealkylation sites (tertiary alicyclic amines) is 1. The van der Waals surface area contributed by atoms with Crippen LogP contribution in [-0.4, -0.2) is 43.3 Å². The van der Waals surface area contributed by atoms with Crippen LogP contribution in [0, 0.1) is 5.41 Å². The number of alkyl halides is 1. The molecule has 4 heteroatoms. The summed E-state index contributed by atoms with van der Waals surface area (Å²) in [4.78, 5) is 14.2. The smallest absolute Gasteiger partial charge is 0.231 e. The van der Waals surface area contributed by atoms with Crippen molar-refractivity contribution >= 4 is 5.91 Å². The monoisotopic (exact) mass is 229 g/mol. The summed E-state index contributed by atoms with van der Waals surface area (Å²) in [5, 5.41) is 0. The molecule has 1 atom stereocenters. The highest BCUT2D eigenvalue weighted by atomic mass is 19.1. The third-order valence-corrected chi connectivity index (χ3v) is 4.04. The average Bonchev–Trinajstić information content (AvgIpc) is 2.29. The molecule has 16 heavy (non-hydrogen) atoms. The topological polar surface area (TPSA) is 29.5 Å². The zero-order valence-electron chi connectivity index (χ0n) is 9.88. The number of carbonyl (C=O) groups is 1. The molecular weight excluding hydrogens is 209 g/mol. The molecule has 0 N–H and O–H groups in total. The van der Waals surface area contributed by atoms with E-state index in [-0.39, 0.29) is 5.91 Å². The third-order valence-electron chi connectivity index (χ3n) is 4.04. The fourth-order valence-corrected chi connectivity index (χ4v) is 2.60. The molecule has 0 unspecified atom stereocenters. The van der Waals surface area contributed by atoms with E-state index in [4.69, 9.17) is 4.74 Å². The average molecular weight is 229 g/mol. The maximum absolute atomic E-state index is 13.2. The zero-order chi connectivity index (χ0) is 11.6. The summed E-state index contributed by atoms with van der Waals surface area (Å²) in [6, 6.07) is 0.346. The van der Waals surface area contributed by atoms with Gasteiger partial charge in [0.25, 0.3) is 0 Å². The largest absolute Gasteiger partial charge is 0.381 e. The predicted molar refractivity (Wildman–Crippen MR) is 58.9 cm³/mol. The Labute approximate surface area is 95.9 Å². The van der Waals surface area contributed by atoms with Crippen LogP contribution < -0.4 is 0 Å². The molecule has 0 aromatic carbocycles. The van der Waals surface area contributed by atoms with Crippen LogP contribution in [0.4, 0.5) is 4.39 Å². The lowest BCUT2D eigenvalue weighted by Gasteiger charge is -2.46. The fourth-order valence-electron chi connectivity index (χ4n) is 2.60. The molecule has 3 nitrogen and oxygen atoms in total. The van der Waals surface area contributed by atoms with Gasteiger partial charge in [-0.1, -0.05) is 6.92 Å². The van der Waals surface area contributed by atoms with E-state index < -0.39 is 12.1 Å². The highest BCUT2D eigenvalue weighted by Crippen LogP contribution is 2.36. The van der Waals surface area contributed by atoms with E-state index in [9.17, 15) is 9.18 Å². The van der Waals surface area contributed by atoms with Crippen molar-refractivity contribution < 1.29 is 13.9 Å². The molecular formula is C12H20FNO2.